The van der Waals surface area contributed by atoms with Crippen molar-refractivity contribution in [2.24, 2.45) is 5.73 Å². The summed E-state index contributed by atoms with van der Waals surface area (Å²) in [6.07, 6.45) is 4.23. The molecule has 1 aromatic carbocycles. The molecule has 20 heavy (non-hydrogen) atoms. The molecule has 0 radical (unpaired) electrons. The SMILES string of the molecule is CC1(c2nc(C3Cc4ccccc43)no2)CCCC1N. The van der Waals surface area contributed by atoms with E-state index in [9.17, 15) is 0 Å². The molecule has 0 bridgehead atoms. The summed E-state index contributed by atoms with van der Waals surface area (Å²) < 4.78 is 5.55. The molecule has 0 amide bonds. The van der Waals surface area contributed by atoms with Crippen LogP contribution < -0.4 is 5.73 Å². The molecule has 2 aromatic rings. The Morgan fingerprint density at radius 1 is 1.35 bits per heavy atom. The van der Waals surface area contributed by atoms with Crippen molar-refractivity contribution < 1.29 is 4.52 Å². The summed E-state index contributed by atoms with van der Waals surface area (Å²) in [6, 6.07) is 8.60. The van der Waals surface area contributed by atoms with Gasteiger partial charge in [-0.2, -0.15) is 4.98 Å². The number of hydrogen-bond acceptors (Lipinski definition) is 4. The van der Waals surface area contributed by atoms with Gasteiger partial charge in [0.15, 0.2) is 5.82 Å². The standard InChI is InChI=1S/C16H19N3O/c1-16(8-4-7-13(16)17)15-18-14(19-20-15)12-9-10-5-2-3-6-11(10)12/h2-3,5-6,12-13H,4,7-9,17H2,1H3. The Morgan fingerprint density at radius 2 is 2.20 bits per heavy atom. The van der Waals surface area contributed by atoms with Gasteiger partial charge in [0.1, 0.15) is 0 Å². The third-order valence-electron chi connectivity index (χ3n) is 5.13. The van der Waals surface area contributed by atoms with Crippen molar-refractivity contribution in [3.63, 3.8) is 0 Å². The zero-order chi connectivity index (χ0) is 13.7. The molecule has 1 fully saturated rings. The zero-order valence-electron chi connectivity index (χ0n) is 11.7. The van der Waals surface area contributed by atoms with Gasteiger partial charge in [0, 0.05) is 6.04 Å². The van der Waals surface area contributed by atoms with Crippen molar-refractivity contribution in [2.45, 2.75) is 50.0 Å². The second-order valence-corrected chi connectivity index (χ2v) is 6.33. The molecule has 4 rings (SSSR count). The summed E-state index contributed by atoms with van der Waals surface area (Å²) in [5, 5.41) is 4.22. The van der Waals surface area contributed by atoms with Gasteiger partial charge in [0.2, 0.25) is 5.89 Å². The first-order valence-corrected chi connectivity index (χ1v) is 7.36. The number of benzene rings is 1. The molecule has 2 N–H and O–H groups in total. The van der Waals surface area contributed by atoms with Crippen LogP contribution in [0.3, 0.4) is 0 Å². The van der Waals surface area contributed by atoms with Crippen molar-refractivity contribution in [3.8, 4) is 0 Å². The molecule has 2 aliphatic carbocycles. The van der Waals surface area contributed by atoms with Crippen molar-refractivity contribution in [1.29, 1.82) is 0 Å². The van der Waals surface area contributed by atoms with Crippen molar-refractivity contribution in [3.05, 3.63) is 47.1 Å². The minimum atomic E-state index is -0.144. The molecule has 0 saturated heterocycles. The van der Waals surface area contributed by atoms with Crippen LogP contribution in [-0.4, -0.2) is 16.2 Å². The molecule has 1 aromatic heterocycles. The van der Waals surface area contributed by atoms with Crippen LogP contribution in [0.15, 0.2) is 28.8 Å². The molecule has 1 saturated carbocycles. The highest BCUT2D eigenvalue weighted by molar-refractivity contribution is 5.43. The normalized spacial score (nSPS) is 31.9. The van der Waals surface area contributed by atoms with E-state index >= 15 is 0 Å². The van der Waals surface area contributed by atoms with E-state index in [1.165, 1.54) is 11.1 Å². The molecular formula is C16H19N3O. The summed E-state index contributed by atoms with van der Waals surface area (Å²) in [7, 11) is 0. The monoisotopic (exact) mass is 269 g/mol. The summed E-state index contributed by atoms with van der Waals surface area (Å²) >= 11 is 0. The minimum absolute atomic E-state index is 0.129. The van der Waals surface area contributed by atoms with Crippen LogP contribution >= 0.6 is 0 Å². The smallest absolute Gasteiger partial charge is 0.234 e. The Balaban J connectivity index is 1.64. The first kappa shape index (κ1) is 12.1. The van der Waals surface area contributed by atoms with Gasteiger partial charge in [0.25, 0.3) is 0 Å². The van der Waals surface area contributed by atoms with Gasteiger partial charge in [0.05, 0.1) is 11.3 Å². The van der Waals surface area contributed by atoms with E-state index in [2.05, 4.69) is 41.3 Å². The Morgan fingerprint density at radius 3 is 2.95 bits per heavy atom. The summed E-state index contributed by atoms with van der Waals surface area (Å²) in [6.45, 7) is 2.15. The number of hydrogen-bond donors (Lipinski definition) is 1. The fraction of sp³-hybridized carbons (Fsp3) is 0.500. The molecule has 104 valence electrons. The number of nitrogens with two attached hydrogens (primary N) is 1. The van der Waals surface area contributed by atoms with E-state index in [0.717, 1.165) is 37.4 Å². The van der Waals surface area contributed by atoms with Crippen molar-refractivity contribution in [1.82, 2.24) is 10.1 Å². The topological polar surface area (TPSA) is 64.9 Å². The van der Waals surface area contributed by atoms with Crippen LogP contribution in [0.4, 0.5) is 0 Å². The summed E-state index contributed by atoms with van der Waals surface area (Å²) in [4.78, 5) is 4.68. The fourth-order valence-corrected chi connectivity index (χ4v) is 3.56. The molecule has 3 unspecified atom stereocenters. The van der Waals surface area contributed by atoms with Gasteiger partial charge in [-0.05, 0) is 37.3 Å². The lowest BCUT2D eigenvalue weighted by Gasteiger charge is -2.27. The minimum Gasteiger partial charge on any atom is -0.339 e. The maximum Gasteiger partial charge on any atom is 0.234 e. The predicted molar refractivity (Wildman–Crippen MR) is 75.5 cm³/mol. The second kappa shape index (κ2) is 4.16. The van der Waals surface area contributed by atoms with Gasteiger partial charge >= 0.3 is 0 Å². The predicted octanol–water partition coefficient (Wildman–Crippen LogP) is 2.53. The molecule has 4 nitrogen and oxygen atoms in total. The van der Waals surface area contributed by atoms with Crippen LogP contribution in [0.5, 0.6) is 0 Å². The van der Waals surface area contributed by atoms with Crippen LogP contribution in [0.1, 0.15) is 54.9 Å². The van der Waals surface area contributed by atoms with E-state index in [0.29, 0.717) is 5.92 Å². The van der Waals surface area contributed by atoms with Crippen LogP contribution in [0.25, 0.3) is 0 Å². The Labute approximate surface area is 118 Å². The van der Waals surface area contributed by atoms with E-state index in [4.69, 9.17) is 10.3 Å². The van der Waals surface area contributed by atoms with E-state index in [1.54, 1.807) is 0 Å². The molecule has 4 heteroatoms. The van der Waals surface area contributed by atoms with Gasteiger partial charge in [-0.15, -0.1) is 0 Å². The fourth-order valence-electron chi connectivity index (χ4n) is 3.56. The zero-order valence-corrected chi connectivity index (χ0v) is 11.7. The van der Waals surface area contributed by atoms with Crippen LogP contribution in [-0.2, 0) is 11.8 Å². The highest BCUT2D eigenvalue weighted by Crippen LogP contribution is 2.42. The van der Waals surface area contributed by atoms with E-state index in [1.807, 2.05) is 0 Å². The van der Waals surface area contributed by atoms with E-state index in [-0.39, 0.29) is 11.5 Å². The Kier molecular flexibility index (Phi) is 2.51. The lowest BCUT2D eigenvalue weighted by Crippen LogP contribution is -2.38. The maximum atomic E-state index is 6.23. The highest BCUT2D eigenvalue weighted by Gasteiger charge is 2.43. The molecule has 3 atom stereocenters. The number of nitrogens with zero attached hydrogens (tertiary/aromatic N) is 2. The largest absolute Gasteiger partial charge is 0.339 e. The van der Waals surface area contributed by atoms with E-state index < -0.39 is 0 Å². The van der Waals surface area contributed by atoms with Crippen LogP contribution in [0.2, 0.25) is 0 Å². The summed E-state index contributed by atoms with van der Waals surface area (Å²) in [5.74, 6) is 1.84. The summed E-state index contributed by atoms with van der Waals surface area (Å²) in [5.41, 5.74) is 8.81. The maximum absolute atomic E-state index is 6.23. The van der Waals surface area contributed by atoms with Crippen LogP contribution in [0, 0.1) is 0 Å². The van der Waals surface area contributed by atoms with Crippen molar-refractivity contribution >= 4 is 0 Å². The average molecular weight is 269 g/mol. The quantitative estimate of drug-likeness (QED) is 0.909. The van der Waals surface area contributed by atoms with Crippen molar-refractivity contribution in [2.75, 3.05) is 0 Å². The molecule has 2 aliphatic rings. The lowest BCUT2D eigenvalue weighted by molar-refractivity contribution is 0.276. The Hall–Kier alpha value is -1.68. The molecular weight excluding hydrogens is 250 g/mol. The average Bonchev–Trinajstić information content (AvgIpc) is 3.01. The highest BCUT2D eigenvalue weighted by atomic mass is 16.5. The first-order valence-electron chi connectivity index (χ1n) is 7.36. The van der Waals surface area contributed by atoms with Gasteiger partial charge in [-0.1, -0.05) is 35.8 Å². The second-order valence-electron chi connectivity index (χ2n) is 6.33. The number of aromatic nitrogens is 2. The number of rotatable bonds is 2. The lowest BCUT2D eigenvalue weighted by atomic mass is 9.77. The van der Waals surface area contributed by atoms with Gasteiger partial charge in [-0.3, -0.25) is 0 Å². The first-order chi connectivity index (χ1) is 9.68. The third-order valence-corrected chi connectivity index (χ3v) is 5.13. The Bertz CT molecular complexity index is 651. The molecule has 0 aliphatic heterocycles. The third kappa shape index (κ3) is 1.57. The van der Waals surface area contributed by atoms with Gasteiger partial charge in [-0.25, -0.2) is 0 Å². The van der Waals surface area contributed by atoms with Gasteiger partial charge < -0.3 is 10.3 Å². The molecule has 0 spiro atoms. The molecule has 1 heterocycles. The number of fused-ring (bicyclic) bond motifs is 1.